The first-order valence-corrected chi connectivity index (χ1v) is 6.45. The Balaban J connectivity index is 2.30. The lowest BCUT2D eigenvalue weighted by Crippen LogP contribution is -2.46. The number of aromatic nitrogens is 2. The maximum absolute atomic E-state index is 12.0. The molecule has 0 spiro atoms. The fraction of sp³-hybridized carbons (Fsp3) is 0.182. The number of thiophene rings is 1. The number of H-pyrrole nitrogens is 1. The lowest BCUT2D eigenvalue weighted by atomic mass is 10.0. The fourth-order valence-corrected chi connectivity index (χ4v) is 2.78. The Morgan fingerprint density at radius 1 is 1.32 bits per heavy atom. The normalized spacial score (nSPS) is 17.5. The van der Waals surface area contributed by atoms with Gasteiger partial charge in [-0.1, -0.05) is 0 Å². The van der Waals surface area contributed by atoms with Crippen molar-refractivity contribution in [2.45, 2.75) is 6.04 Å². The molecule has 0 unspecified atom stereocenters. The van der Waals surface area contributed by atoms with Crippen LogP contribution in [0, 0.1) is 0 Å². The molecule has 7 nitrogen and oxygen atoms in total. The highest BCUT2D eigenvalue weighted by molar-refractivity contribution is 7.08. The summed E-state index contributed by atoms with van der Waals surface area (Å²) in [5, 5.41) is 8.89. The Kier molecular flexibility index (Phi) is 2.53. The number of fused-ring (bicyclic) bond motifs is 1. The number of rotatable bonds is 1. The predicted molar refractivity (Wildman–Crippen MR) is 70.6 cm³/mol. The average molecular weight is 278 g/mol. The van der Waals surface area contributed by atoms with Crippen molar-refractivity contribution >= 4 is 23.2 Å². The molecular formula is C11H10N4O3S. The Hall–Kier alpha value is -2.35. The van der Waals surface area contributed by atoms with Gasteiger partial charge in [0.05, 0.1) is 11.6 Å². The van der Waals surface area contributed by atoms with Gasteiger partial charge in [0, 0.05) is 7.05 Å². The van der Waals surface area contributed by atoms with E-state index in [1.807, 2.05) is 16.8 Å². The highest BCUT2D eigenvalue weighted by atomic mass is 32.1. The van der Waals surface area contributed by atoms with Gasteiger partial charge in [-0.05, 0) is 22.4 Å². The molecule has 1 aliphatic heterocycles. The van der Waals surface area contributed by atoms with Crippen molar-refractivity contribution in [3.05, 3.63) is 48.8 Å². The van der Waals surface area contributed by atoms with Gasteiger partial charge >= 0.3 is 11.7 Å². The van der Waals surface area contributed by atoms with E-state index in [9.17, 15) is 14.4 Å². The first-order chi connectivity index (χ1) is 9.08. The van der Waals surface area contributed by atoms with Crippen LogP contribution in [0.5, 0.6) is 0 Å². The van der Waals surface area contributed by atoms with Crippen LogP contribution < -0.4 is 21.9 Å². The molecule has 1 aliphatic rings. The predicted octanol–water partition coefficient (Wildman–Crippen LogP) is 0.360. The molecule has 0 aromatic carbocycles. The molecule has 2 aromatic heterocycles. The smallest absolute Gasteiger partial charge is 0.327 e. The average Bonchev–Trinajstić information content (AvgIpc) is 2.88. The Morgan fingerprint density at radius 2 is 2.11 bits per heavy atom. The van der Waals surface area contributed by atoms with Crippen molar-refractivity contribution in [1.29, 1.82) is 0 Å². The number of hydrogen-bond donors (Lipinski definition) is 3. The first-order valence-electron chi connectivity index (χ1n) is 5.50. The molecule has 1 atom stereocenters. The molecule has 3 heterocycles. The van der Waals surface area contributed by atoms with Crippen LogP contribution in [0.15, 0.2) is 26.4 Å². The zero-order valence-corrected chi connectivity index (χ0v) is 10.7. The summed E-state index contributed by atoms with van der Waals surface area (Å²) >= 11 is 1.47. The Labute approximate surface area is 110 Å². The maximum atomic E-state index is 12.0. The largest absolute Gasteiger partial charge is 0.329 e. The third-order valence-corrected chi connectivity index (χ3v) is 3.73. The third kappa shape index (κ3) is 1.76. The van der Waals surface area contributed by atoms with Gasteiger partial charge in [-0.25, -0.2) is 9.59 Å². The van der Waals surface area contributed by atoms with Crippen molar-refractivity contribution in [2.75, 3.05) is 5.32 Å². The van der Waals surface area contributed by atoms with Crippen molar-refractivity contribution in [3.8, 4) is 0 Å². The summed E-state index contributed by atoms with van der Waals surface area (Å²) in [5.74, 6) is 0.230. The Bertz CT molecular complexity index is 759. The van der Waals surface area contributed by atoms with Crippen LogP contribution in [-0.4, -0.2) is 15.6 Å². The summed E-state index contributed by atoms with van der Waals surface area (Å²) in [6.07, 6.45) is 0. The van der Waals surface area contributed by atoms with Gasteiger partial charge in [0.15, 0.2) is 0 Å². The van der Waals surface area contributed by atoms with Gasteiger partial charge in [-0.15, -0.1) is 0 Å². The second-order valence-electron chi connectivity index (χ2n) is 4.17. The van der Waals surface area contributed by atoms with Crippen molar-refractivity contribution in [3.63, 3.8) is 0 Å². The van der Waals surface area contributed by atoms with E-state index >= 15 is 0 Å². The molecule has 2 aromatic rings. The summed E-state index contributed by atoms with van der Waals surface area (Å²) in [7, 11) is 1.49. The molecule has 8 heteroatoms. The summed E-state index contributed by atoms with van der Waals surface area (Å²) < 4.78 is 1.22. The van der Waals surface area contributed by atoms with Gasteiger partial charge in [0.25, 0.3) is 5.56 Å². The second-order valence-corrected chi connectivity index (χ2v) is 4.95. The number of hydrogen-bond acceptors (Lipinski definition) is 4. The van der Waals surface area contributed by atoms with E-state index < -0.39 is 23.3 Å². The number of anilines is 1. The van der Waals surface area contributed by atoms with Gasteiger partial charge in [-0.2, -0.15) is 11.3 Å². The standard InChI is InChI=1S/C11H10N4O3S/c1-15-8-6(9(16)14-11(15)18)7(12-10(17)13-8)5-2-3-19-4-5/h2-4,7H,1H3,(H2,12,13,17)(H,14,16,18)/t7-/m0/s1. The van der Waals surface area contributed by atoms with E-state index in [0.29, 0.717) is 5.56 Å². The fourth-order valence-electron chi connectivity index (χ4n) is 2.09. The third-order valence-electron chi connectivity index (χ3n) is 3.03. The first kappa shape index (κ1) is 11.7. The zero-order valence-electron chi connectivity index (χ0n) is 9.89. The molecule has 0 saturated heterocycles. The zero-order chi connectivity index (χ0) is 13.6. The minimum absolute atomic E-state index is 0.230. The monoisotopic (exact) mass is 278 g/mol. The number of amides is 2. The molecular weight excluding hydrogens is 268 g/mol. The van der Waals surface area contributed by atoms with E-state index in [0.717, 1.165) is 5.56 Å². The molecule has 3 rings (SSSR count). The highest BCUT2D eigenvalue weighted by Crippen LogP contribution is 2.28. The minimum atomic E-state index is -0.560. The van der Waals surface area contributed by atoms with E-state index in [-0.39, 0.29) is 5.82 Å². The summed E-state index contributed by atoms with van der Waals surface area (Å²) in [6.45, 7) is 0. The van der Waals surface area contributed by atoms with Gasteiger partial charge < -0.3 is 5.32 Å². The number of nitrogens with one attached hydrogen (secondary N) is 3. The van der Waals surface area contributed by atoms with Crippen LogP contribution in [0.2, 0.25) is 0 Å². The van der Waals surface area contributed by atoms with E-state index in [1.54, 1.807) is 0 Å². The molecule has 3 N–H and O–H groups in total. The van der Waals surface area contributed by atoms with E-state index in [4.69, 9.17) is 0 Å². The number of carbonyl (C=O) groups excluding carboxylic acids is 1. The molecule has 0 saturated carbocycles. The van der Waals surface area contributed by atoms with E-state index in [2.05, 4.69) is 15.6 Å². The second kappa shape index (κ2) is 4.09. The maximum Gasteiger partial charge on any atom is 0.329 e. The molecule has 2 amide bonds. The molecule has 0 bridgehead atoms. The number of urea groups is 1. The molecule has 0 radical (unpaired) electrons. The quantitative estimate of drug-likeness (QED) is 0.702. The number of aromatic amines is 1. The van der Waals surface area contributed by atoms with Gasteiger partial charge in [-0.3, -0.25) is 19.7 Å². The van der Waals surface area contributed by atoms with Crippen LogP contribution in [-0.2, 0) is 7.05 Å². The minimum Gasteiger partial charge on any atom is -0.327 e. The van der Waals surface area contributed by atoms with Crippen LogP contribution in [0.1, 0.15) is 17.2 Å². The van der Waals surface area contributed by atoms with Crippen molar-refractivity contribution in [2.24, 2.45) is 7.05 Å². The van der Waals surface area contributed by atoms with Crippen molar-refractivity contribution < 1.29 is 4.79 Å². The molecule has 98 valence electrons. The summed E-state index contributed by atoms with van der Waals surface area (Å²) in [5.41, 5.74) is 0.0853. The van der Waals surface area contributed by atoms with Crippen molar-refractivity contribution in [1.82, 2.24) is 14.9 Å². The SMILES string of the molecule is Cn1c2c(c(=O)[nH]c1=O)[C@H](c1ccsc1)NC(=O)N2. The number of nitrogens with zero attached hydrogens (tertiary/aromatic N) is 1. The highest BCUT2D eigenvalue weighted by Gasteiger charge is 2.30. The lowest BCUT2D eigenvalue weighted by molar-refractivity contribution is 0.248. The lowest BCUT2D eigenvalue weighted by Gasteiger charge is -2.26. The topological polar surface area (TPSA) is 96.0 Å². The van der Waals surface area contributed by atoms with Crippen LogP contribution in [0.25, 0.3) is 0 Å². The van der Waals surface area contributed by atoms with E-state index in [1.165, 1.54) is 23.0 Å². The van der Waals surface area contributed by atoms with Crippen LogP contribution in [0.4, 0.5) is 10.6 Å². The Morgan fingerprint density at radius 3 is 2.79 bits per heavy atom. The molecule has 0 fully saturated rings. The van der Waals surface area contributed by atoms with Gasteiger partial charge in [0.2, 0.25) is 0 Å². The summed E-state index contributed by atoms with van der Waals surface area (Å²) in [6, 6.07) is 0.838. The van der Waals surface area contributed by atoms with Gasteiger partial charge in [0.1, 0.15) is 5.82 Å². The van der Waals surface area contributed by atoms with Crippen LogP contribution >= 0.6 is 11.3 Å². The van der Waals surface area contributed by atoms with Crippen LogP contribution in [0.3, 0.4) is 0 Å². The summed E-state index contributed by atoms with van der Waals surface area (Å²) in [4.78, 5) is 37.4. The number of carbonyl (C=O) groups is 1. The molecule has 0 aliphatic carbocycles. The molecule has 19 heavy (non-hydrogen) atoms.